The van der Waals surface area contributed by atoms with Gasteiger partial charge in [0.05, 0.1) is 5.41 Å². The highest BCUT2D eigenvalue weighted by molar-refractivity contribution is 5.25. The van der Waals surface area contributed by atoms with Gasteiger partial charge in [0.2, 0.25) is 0 Å². The zero-order chi connectivity index (χ0) is 7.78. The van der Waals surface area contributed by atoms with Crippen LogP contribution in [0.3, 0.4) is 0 Å². The van der Waals surface area contributed by atoms with E-state index in [0.29, 0.717) is 0 Å². The van der Waals surface area contributed by atoms with E-state index in [1.807, 2.05) is 0 Å². The van der Waals surface area contributed by atoms with E-state index in [-0.39, 0.29) is 0 Å². The zero-order valence-corrected chi connectivity index (χ0v) is 5.77. The third-order valence-electron chi connectivity index (χ3n) is 1.68. The van der Waals surface area contributed by atoms with Crippen molar-refractivity contribution in [2.75, 3.05) is 0 Å². The van der Waals surface area contributed by atoms with Gasteiger partial charge in [-0.15, -0.1) is 0 Å². The van der Waals surface area contributed by atoms with E-state index in [0.717, 1.165) is 0 Å². The summed E-state index contributed by atoms with van der Waals surface area (Å²) in [7, 11) is 0. The third kappa shape index (κ3) is 0.981. The third-order valence-corrected chi connectivity index (χ3v) is 1.68. The van der Waals surface area contributed by atoms with Crippen LogP contribution in [0.5, 0.6) is 0 Å². The van der Waals surface area contributed by atoms with Gasteiger partial charge in [-0.05, 0) is 19.1 Å². The molecule has 0 heterocycles. The molecule has 1 aliphatic carbocycles. The Kier molecular flexibility index (Phi) is 1.63. The van der Waals surface area contributed by atoms with Crippen LogP contribution in [0.4, 0.5) is 8.78 Å². The molecule has 0 nitrogen and oxygen atoms in total. The average Bonchev–Trinajstić information content (AvgIpc) is 1.84. The molecule has 2 unspecified atom stereocenters. The van der Waals surface area contributed by atoms with Crippen LogP contribution < -0.4 is 0 Å². The van der Waals surface area contributed by atoms with Gasteiger partial charge >= 0.3 is 0 Å². The van der Waals surface area contributed by atoms with Crippen LogP contribution >= 0.6 is 0 Å². The van der Waals surface area contributed by atoms with Crippen LogP contribution in [0.15, 0.2) is 24.1 Å². The van der Waals surface area contributed by atoms with E-state index >= 15 is 0 Å². The summed E-state index contributed by atoms with van der Waals surface area (Å²) in [5.41, 5.74) is -1.21. The summed E-state index contributed by atoms with van der Waals surface area (Å²) >= 11 is 0. The summed E-state index contributed by atoms with van der Waals surface area (Å²) in [6, 6.07) is 0. The average molecular weight is 143 g/mol. The first-order chi connectivity index (χ1) is 4.55. The van der Waals surface area contributed by atoms with Crippen LogP contribution in [-0.4, -0.2) is 6.17 Å². The molecule has 55 valence electrons. The summed E-state index contributed by atoms with van der Waals surface area (Å²) in [5.74, 6) is -0.498. The van der Waals surface area contributed by atoms with Crippen molar-refractivity contribution in [1.82, 2.24) is 0 Å². The molecule has 2 heteroatoms. The van der Waals surface area contributed by atoms with Crippen molar-refractivity contribution in [2.45, 2.75) is 13.1 Å². The predicted octanol–water partition coefficient (Wildman–Crippen LogP) is 2.59. The van der Waals surface area contributed by atoms with Crippen molar-refractivity contribution in [3.63, 3.8) is 0 Å². The van der Waals surface area contributed by atoms with Gasteiger partial charge < -0.3 is 0 Å². The molecule has 0 aromatic carbocycles. The summed E-state index contributed by atoms with van der Waals surface area (Å²) in [6.45, 7) is 4.86. The van der Waals surface area contributed by atoms with Crippen LogP contribution in [0.2, 0.25) is 0 Å². The lowest BCUT2D eigenvalue weighted by Gasteiger charge is -2.26. The second-order valence-corrected chi connectivity index (χ2v) is 2.72. The fraction of sp³-hybridized carbons (Fsp3) is 0.375. The zero-order valence-electron chi connectivity index (χ0n) is 5.77. The van der Waals surface area contributed by atoms with E-state index in [1.54, 1.807) is 0 Å². The van der Waals surface area contributed by atoms with Gasteiger partial charge in [-0.1, -0.05) is 13.0 Å². The maximum Gasteiger partial charge on any atom is 0.130 e. The first kappa shape index (κ1) is 7.45. The normalized spacial score (nSPS) is 30.0. The van der Waals surface area contributed by atoms with E-state index in [2.05, 4.69) is 6.92 Å². The lowest BCUT2D eigenvalue weighted by atomic mass is 9.83. The molecular formula is C8H9F2. The van der Waals surface area contributed by atoms with Crippen LogP contribution in [0.25, 0.3) is 0 Å². The van der Waals surface area contributed by atoms with E-state index < -0.39 is 17.4 Å². The summed E-state index contributed by atoms with van der Waals surface area (Å²) in [4.78, 5) is 0. The maximum absolute atomic E-state index is 12.8. The van der Waals surface area contributed by atoms with Crippen molar-refractivity contribution < 1.29 is 8.78 Å². The molecule has 0 aliphatic heterocycles. The molecule has 10 heavy (non-hydrogen) atoms. The highest BCUT2D eigenvalue weighted by Crippen LogP contribution is 2.35. The number of allylic oxidation sites excluding steroid dienone is 4. The molecule has 0 aromatic heterocycles. The Labute approximate surface area is 59.2 Å². The number of halogens is 2. The fourth-order valence-corrected chi connectivity index (χ4v) is 0.772. The molecule has 1 aliphatic rings. The number of hydrogen-bond acceptors (Lipinski definition) is 0. The number of alkyl halides is 1. The molecular weight excluding hydrogens is 134 g/mol. The fourth-order valence-electron chi connectivity index (χ4n) is 0.772. The van der Waals surface area contributed by atoms with Gasteiger partial charge in [0.25, 0.3) is 0 Å². The molecule has 0 N–H and O–H groups in total. The molecule has 0 saturated heterocycles. The van der Waals surface area contributed by atoms with Crippen LogP contribution in [-0.2, 0) is 0 Å². The highest BCUT2D eigenvalue weighted by atomic mass is 19.1. The van der Waals surface area contributed by atoms with Crippen LogP contribution in [0.1, 0.15) is 6.92 Å². The molecule has 1 rings (SSSR count). The van der Waals surface area contributed by atoms with E-state index in [4.69, 9.17) is 0 Å². The first-order valence-electron chi connectivity index (χ1n) is 3.09. The molecule has 1 radical (unpaired) electrons. The highest BCUT2D eigenvalue weighted by Gasteiger charge is 2.34. The van der Waals surface area contributed by atoms with E-state index in [9.17, 15) is 8.78 Å². The molecule has 0 fully saturated rings. The van der Waals surface area contributed by atoms with Gasteiger partial charge in [-0.3, -0.25) is 0 Å². The van der Waals surface area contributed by atoms with Crippen molar-refractivity contribution in [2.24, 2.45) is 5.41 Å². The molecule has 0 amide bonds. The predicted molar refractivity (Wildman–Crippen MR) is 36.7 cm³/mol. The second kappa shape index (κ2) is 2.19. The molecule has 0 aromatic rings. The molecule has 0 spiro atoms. The topological polar surface area (TPSA) is 0 Å². The molecule has 2 atom stereocenters. The number of rotatable bonds is 0. The van der Waals surface area contributed by atoms with Crippen molar-refractivity contribution in [3.05, 3.63) is 31.0 Å². The lowest BCUT2D eigenvalue weighted by molar-refractivity contribution is 0.218. The van der Waals surface area contributed by atoms with E-state index in [1.165, 1.54) is 25.2 Å². The first-order valence-corrected chi connectivity index (χ1v) is 3.09. The Morgan fingerprint density at radius 3 is 2.70 bits per heavy atom. The van der Waals surface area contributed by atoms with Crippen LogP contribution in [0, 0.1) is 12.3 Å². The Balaban J connectivity index is 2.93. The van der Waals surface area contributed by atoms with Gasteiger partial charge in [0.1, 0.15) is 12.0 Å². The second-order valence-electron chi connectivity index (χ2n) is 2.72. The van der Waals surface area contributed by atoms with Crippen molar-refractivity contribution >= 4 is 0 Å². The molecule has 0 saturated carbocycles. The molecule has 0 bridgehead atoms. The van der Waals surface area contributed by atoms with Gasteiger partial charge in [-0.2, -0.15) is 0 Å². The quantitative estimate of drug-likeness (QED) is 0.489. The Bertz CT molecular complexity index is 189. The monoisotopic (exact) mass is 143 g/mol. The largest absolute Gasteiger partial charge is 0.242 e. The Morgan fingerprint density at radius 2 is 2.30 bits per heavy atom. The SMILES string of the molecule is [CH2]C1(C)C(F)=CC=CC1F. The Morgan fingerprint density at radius 1 is 1.70 bits per heavy atom. The van der Waals surface area contributed by atoms with Gasteiger partial charge in [-0.25, -0.2) is 8.78 Å². The minimum atomic E-state index is -1.31. The van der Waals surface area contributed by atoms with Gasteiger partial charge in [0.15, 0.2) is 0 Å². The van der Waals surface area contributed by atoms with Crippen molar-refractivity contribution in [1.29, 1.82) is 0 Å². The van der Waals surface area contributed by atoms with Gasteiger partial charge in [0, 0.05) is 0 Å². The summed E-state index contributed by atoms with van der Waals surface area (Å²) in [5, 5.41) is 0. The van der Waals surface area contributed by atoms with Crippen molar-refractivity contribution in [3.8, 4) is 0 Å². The minimum absolute atomic E-state index is 0.498. The maximum atomic E-state index is 12.8. The smallest absolute Gasteiger partial charge is 0.130 e. The number of hydrogen-bond donors (Lipinski definition) is 0. The standard InChI is InChI=1S/C8H9F2/c1-8(2)6(9)4-3-5-7(8)10/h3-6H,1H2,2H3. The minimum Gasteiger partial charge on any atom is -0.242 e. The Hall–Kier alpha value is -0.660. The lowest BCUT2D eigenvalue weighted by Crippen LogP contribution is -2.26. The summed E-state index contributed by atoms with van der Waals surface area (Å²) in [6.07, 6.45) is 2.60. The summed E-state index contributed by atoms with van der Waals surface area (Å²) < 4.78 is 25.5.